The molecule has 94 valence electrons. The van der Waals surface area contributed by atoms with Crippen molar-refractivity contribution in [3.63, 3.8) is 0 Å². The Morgan fingerprint density at radius 2 is 2.06 bits per heavy atom. The molecule has 17 heavy (non-hydrogen) atoms. The largest absolute Gasteiger partial charge is 0.227 e. The Morgan fingerprint density at radius 1 is 1.29 bits per heavy atom. The van der Waals surface area contributed by atoms with E-state index < -0.39 is 0 Å². The fourth-order valence-corrected chi connectivity index (χ4v) is 4.01. The fourth-order valence-electron chi connectivity index (χ4n) is 2.19. The van der Waals surface area contributed by atoms with E-state index in [-0.39, 0.29) is 0 Å². The van der Waals surface area contributed by atoms with Crippen LogP contribution >= 0.6 is 27.7 Å². The summed E-state index contributed by atoms with van der Waals surface area (Å²) in [5.74, 6) is 0.972. The number of aromatic nitrogens is 2. The maximum Gasteiger partial charge on any atom is 0.130 e. The third kappa shape index (κ3) is 4.25. The first kappa shape index (κ1) is 13.3. The molecule has 0 spiro atoms. The molecule has 0 aliphatic heterocycles. The number of aryl methyl sites for hydroxylation is 1. The summed E-state index contributed by atoms with van der Waals surface area (Å²) >= 11 is 5.42. The molecule has 1 fully saturated rings. The van der Waals surface area contributed by atoms with Crippen molar-refractivity contribution in [2.45, 2.75) is 62.1 Å². The third-order valence-electron chi connectivity index (χ3n) is 3.03. The first-order valence-corrected chi connectivity index (χ1v) is 8.15. The van der Waals surface area contributed by atoms with Gasteiger partial charge in [-0.3, -0.25) is 0 Å². The number of thioether (sulfide) groups is 1. The number of hydrogen-bond acceptors (Lipinski definition) is 3. The van der Waals surface area contributed by atoms with E-state index in [1.54, 1.807) is 0 Å². The summed E-state index contributed by atoms with van der Waals surface area (Å²) in [6.45, 7) is 2.16. The molecular formula is C13H19BrN2S. The normalized spacial score (nSPS) is 17.3. The maximum absolute atomic E-state index is 4.64. The molecule has 0 amide bonds. The first-order valence-electron chi connectivity index (χ1n) is 6.48. The molecule has 1 saturated carbocycles. The first-order chi connectivity index (χ1) is 8.28. The van der Waals surface area contributed by atoms with E-state index in [0.29, 0.717) is 0 Å². The van der Waals surface area contributed by atoms with E-state index in [9.17, 15) is 0 Å². The van der Waals surface area contributed by atoms with Crippen molar-refractivity contribution < 1.29 is 0 Å². The van der Waals surface area contributed by atoms with Crippen LogP contribution in [0.15, 0.2) is 15.7 Å². The van der Waals surface area contributed by atoms with Crippen LogP contribution in [0.25, 0.3) is 0 Å². The Morgan fingerprint density at radius 3 is 2.76 bits per heavy atom. The predicted octanol–water partition coefficient (Wildman–Crippen LogP) is 4.62. The lowest BCUT2D eigenvalue weighted by atomic mass is 10.0. The van der Waals surface area contributed by atoms with Gasteiger partial charge in [0.1, 0.15) is 15.5 Å². The standard InChI is InChI=1S/C13H19BrN2S/c1-2-6-12-15-11(14)9-13(16-12)17-10-7-4-3-5-8-10/h9-10H,2-8H2,1H3. The Kier molecular flexibility index (Phi) is 5.29. The monoisotopic (exact) mass is 314 g/mol. The molecular weight excluding hydrogens is 296 g/mol. The highest BCUT2D eigenvalue weighted by Gasteiger charge is 2.16. The topological polar surface area (TPSA) is 25.8 Å². The molecule has 0 N–H and O–H groups in total. The molecule has 0 saturated heterocycles. The van der Waals surface area contributed by atoms with Gasteiger partial charge in [0.2, 0.25) is 0 Å². The third-order valence-corrected chi connectivity index (χ3v) is 4.69. The van der Waals surface area contributed by atoms with Crippen LogP contribution in [-0.2, 0) is 6.42 Å². The van der Waals surface area contributed by atoms with Crippen LogP contribution in [0.4, 0.5) is 0 Å². The fraction of sp³-hybridized carbons (Fsp3) is 0.692. The molecule has 1 aliphatic carbocycles. The smallest absolute Gasteiger partial charge is 0.130 e. The molecule has 0 aromatic carbocycles. The van der Waals surface area contributed by atoms with Gasteiger partial charge in [0, 0.05) is 17.7 Å². The van der Waals surface area contributed by atoms with Crippen LogP contribution in [0.2, 0.25) is 0 Å². The van der Waals surface area contributed by atoms with Gasteiger partial charge in [-0.15, -0.1) is 11.8 Å². The van der Waals surface area contributed by atoms with Crippen LogP contribution in [0.1, 0.15) is 51.3 Å². The van der Waals surface area contributed by atoms with E-state index in [1.165, 1.54) is 32.1 Å². The highest BCUT2D eigenvalue weighted by molar-refractivity contribution is 9.10. The quantitative estimate of drug-likeness (QED) is 0.758. The van der Waals surface area contributed by atoms with Gasteiger partial charge < -0.3 is 0 Å². The molecule has 0 radical (unpaired) electrons. The Balaban J connectivity index is 2.03. The van der Waals surface area contributed by atoms with Crippen molar-refractivity contribution in [1.82, 2.24) is 9.97 Å². The van der Waals surface area contributed by atoms with E-state index in [4.69, 9.17) is 0 Å². The van der Waals surface area contributed by atoms with Gasteiger partial charge in [0.05, 0.1) is 0 Å². The van der Waals surface area contributed by atoms with Crippen molar-refractivity contribution in [3.8, 4) is 0 Å². The minimum absolute atomic E-state index is 0.764. The van der Waals surface area contributed by atoms with Crippen molar-refractivity contribution >= 4 is 27.7 Å². The van der Waals surface area contributed by atoms with Crippen LogP contribution in [0, 0.1) is 0 Å². The van der Waals surface area contributed by atoms with E-state index in [2.05, 4.69) is 38.9 Å². The van der Waals surface area contributed by atoms with Gasteiger partial charge in [0.15, 0.2) is 0 Å². The van der Waals surface area contributed by atoms with E-state index in [0.717, 1.165) is 33.5 Å². The number of rotatable bonds is 4. The summed E-state index contributed by atoms with van der Waals surface area (Å²) in [6, 6.07) is 2.05. The Hall–Kier alpha value is -0.0900. The number of halogens is 1. The number of nitrogens with zero attached hydrogens (tertiary/aromatic N) is 2. The minimum atomic E-state index is 0.764. The predicted molar refractivity (Wildman–Crippen MR) is 76.5 cm³/mol. The SMILES string of the molecule is CCCc1nc(Br)cc(SC2CCCCC2)n1. The summed E-state index contributed by atoms with van der Waals surface area (Å²) in [7, 11) is 0. The second kappa shape index (κ2) is 6.74. The number of hydrogen-bond donors (Lipinski definition) is 0. The summed E-state index contributed by atoms with van der Waals surface area (Å²) in [6.07, 6.45) is 8.93. The molecule has 1 heterocycles. The van der Waals surface area contributed by atoms with Crippen molar-refractivity contribution in [3.05, 3.63) is 16.5 Å². The molecule has 1 aliphatic rings. The second-order valence-corrected chi connectivity index (χ2v) is 6.71. The highest BCUT2D eigenvalue weighted by atomic mass is 79.9. The average molecular weight is 315 g/mol. The zero-order valence-electron chi connectivity index (χ0n) is 10.3. The average Bonchev–Trinajstić information content (AvgIpc) is 2.30. The van der Waals surface area contributed by atoms with Crippen LogP contribution < -0.4 is 0 Å². The van der Waals surface area contributed by atoms with Crippen LogP contribution in [-0.4, -0.2) is 15.2 Å². The zero-order chi connectivity index (χ0) is 12.1. The van der Waals surface area contributed by atoms with Gasteiger partial charge in [-0.05, 0) is 35.2 Å². The lowest BCUT2D eigenvalue weighted by Gasteiger charge is -2.20. The van der Waals surface area contributed by atoms with Gasteiger partial charge in [-0.1, -0.05) is 26.2 Å². The van der Waals surface area contributed by atoms with Gasteiger partial charge in [0.25, 0.3) is 0 Å². The summed E-state index contributed by atoms with van der Waals surface area (Å²) in [5, 5.41) is 1.90. The van der Waals surface area contributed by atoms with Crippen LogP contribution in [0.5, 0.6) is 0 Å². The molecule has 0 bridgehead atoms. The minimum Gasteiger partial charge on any atom is -0.227 e. The summed E-state index contributed by atoms with van der Waals surface area (Å²) < 4.78 is 0.925. The Bertz CT molecular complexity index is 364. The molecule has 0 atom stereocenters. The molecule has 0 unspecified atom stereocenters. The lowest BCUT2D eigenvalue weighted by Crippen LogP contribution is -2.08. The van der Waals surface area contributed by atoms with Crippen molar-refractivity contribution in [2.75, 3.05) is 0 Å². The van der Waals surface area contributed by atoms with Crippen molar-refractivity contribution in [2.24, 2.45) is 0 Å². The summed E-state index contributed by atoms with van der Waals surface area (Å²) in [4.78, 5) is 9.05. The highest BCUT2D eigenvalue weighted by Crippen LogP contribution is 2.33. The van der Waals surface area contributed by atoms with Crippen LogP contribution in [0.3, 0.4) is 0 Å². The molecule has 1 aromatic heterocycles. The van der Waals surface area contributed by atoms with Crippen molar-refractivity contribution in [1.29, 1.82) is 0 Å². The molecule has 2 rings (SSSR count). The second-order valence-electron chi connectivity index (χ2n) is 4.57. The Labute approximate surface area is 116 Å². The lowest BCUT2D eigenvalue weighted by molar-refractivity contribution is 0.515. The zero-order valence-corrected chi connectivity index (χ0v) is 12.7. The maximum atomic E-state index is 4.64. The van der Waals surface area contributed by atoms with Gasteiger partial charge >= 0.3 is 0 Å². The van der Waals surface area contributed by atoms with Gasteiger partial charge in [-0.25, -0.2) is 9.97 Å². The van der Waals surface area contributed by atoms with E-state index >= 15 is 0 Å². The van der Waals surface area contributed by atoms with E-state index in [1.807, 2.05) is 11.8 Å². The molecule has 1 aromatic rings. The molecule has 4 heteroatoms. The van der Waals surface area contributed by atoms with Gasteiger partial charge in [-0.2, -0.15) is 0 Å². The summed E-state index contributed by atoms with van der Waals surface area (Å²) in [5.41, 5.74) is 0. The molecule has 2 nitrogen and oxygen atoms in total.